The third-order valence-electron chi connectivity index (χ3n) is 5.62. The fourth-order valence-corrected chi connectivity index (χ4v) is 6.62. The van der Waals surface area contributed by atoms with E-state index in [1.54, 1.807) is 27.9 Å². The summed E-state index contributed by atoms with van der Waals surface area (Å²) in [5.74, 6) is 0.666. The van der Waals surface area contributed by atoms with Crippen LogP contribution in [0.25, 0.3) is 0 Å². The first kappa shape index (κ1) is 17.3. The van der Waals surface area contributed by atoms with Gasteiger partial charge in [-0.1, -0.05) is 59.9 Å². The quantitative estimate of drug-likeness (QED) is 0.617. The Bertz CT molecular complexity index is 575. The van der Waals surface area contributed by atoms with Gasteiger partial charge < -0.3 is 0 Å². The monoisotopic (exact) mass is 312 g/mol. The van der Waals surface area contributed by atoms with Crippen molar-refractivity contribution in [2.45, 2.75) is 66.5 Å². The van der Waals surface area contributed by atoms with E-state index in [4.69, 9.17) is 0 Å². The molecule has 0 aliphatic heterocycles. The van der Waals surface area contributed by atoms with Crippen LogP contribution in [0.5, 0.6) is 0 Å². The first-order valence-corrected chi connectivity index (χ1v) is 10.6. The Morgan fingerprint density at radius 3 is 1.82 bits per heavy atom. The average molecular weight is 313 g/mol. The lowest BCUT2D eigenvalue weighted by molar-refractivity contribution is 0.680. The van der Waals surface area contributed by atoms with Crippen LogP contribution in [-0.2, 0) is 0 Å². The Hall–Kier alpha value is -1.08. The van der Waals surface area contributed by atoms with Gasteiger partial charge in [0.25, 0.3) is 0 Å². The Morgan fingerprint density at radius 1 is 0.864 bits per heavy atom. The molecule has 0 fully saturated rings. The molecule has 1 aliphatic carbocycles. The van der Waals surface area contributed by atoms with E-state index in [-0.39, 0.29) is 9.52 Å². The highest BCUT2D eigenvalue weighted by Gasteiger charge is 2.32. The summed E-state index contributed by atoms with van der Waals surface area (Å²) in [6.07, 6.45) is 1.34. The maximum atomic E-state index is 2.45. The molecule has 0 amide bonds. The molecule has 1 unspecified atom stereocenters. The fraction of sp³-hybridized carbons (Fsp3) is 0.524. The predicted molar refractivity (Wildman–Crippen MR) is 103 cm³/mol. The lowest BCUT2D eigenvalue weighted by Gasteiger charge is -2.28. The Kier molecular flexibility index (Phi) is 5.49. The van der Waals surface area contributed by atoms with Crippen LogP contribution < -0.4 is 0 Å². The Labute approximate surface area is 139 Å². The molecule has 1 heteroatoms. The zero-order valence-corrected chi connectivity index (χ0v) is 16.9. The first-order valence-electron chi connectivity index (χ1n) is 8.80. The van der Waals surface area contributed by atoms with Crippen molar-refractivity contribution in [2.24, 2.45) is 5.92 Å². The van der Waals surface area contributed by atoms with E-state index in [9.17, 15) is 0 Å². The molecule has 0 saturated heterocycles. The second kappa shape index (κ2) is 7.00. The third-order valence-corrected chi connectivity index (χ3v) is 8.30. The maximum absolute atomic E-state index is 2.45. The van der Waals surface area contributed by atoms with Crippen LogP contribution in [0.15, 0.2) is 40.5 Å². The van der Waals surface area contributed by atoms with E-state index < -0.39 is 0 Å². The standard InChI is InChI=1S/C21H32Si/c1-8-9-22-21(19-11-13(2)10-14(3)12-19)20-17(6)15(4)16(5)18(20)7/h10-12,20-21H,8-9,22H2,1-7H3. The van der Waals surface area contributed by atoms with Crippen molar-refractivity contribution in [1.29, 1.82) is 0 Å². The van der Waals surface area contributed by atoms with Crippen LogP contribution in [0, 0.1) is 19.8 Å². The van der Waals surface area contributed by atoms with Crippen molar-refractivity contribution < 1.29 is 0 Å². The highest BCUT2D eigenvalue weighted by Crippen LogP contribution is 2.44. The zero-order valence-electron chi connectivity index (χ0n) is 15.5. The van der Waals surface area contributed by atoms with Gasteiger partial charge in [-0.05, 0) is 63.8 Å². The van der Waals surface area contributed by atoms with E-state index in [1.165, 1.54) is 23.6 Å². The van der Waals surface area contributed by atoms with Crippen molar-refractivity contribution in [3.05, 3.63) is 57.2 Å². The van der Waals surface area contributed by atoms with E-state index in [0.29, 0.717) is 5.92 Å². The molecule has 2 rings (SSSR count). The molecular weight excluding hydrogens is 280 g/mol. The summed E-state index contributed by atoms with van der Waals surface area (Å²) in [7, 11) is -0.112. The van der Waals surface area contributed by atoms with Crippen molar-refractivity contribution >= 4 is 9.52 Å². The number of hydrogen-bond donors (Lipinski definition) is 0. The highest BCUT2D eigenvalue weighted by atomic mass is 28.2. The van der Waals surface area contributed by atoms with E-state index >= 15 is 0 Å². The first-order chi connectivity index (χ1) is 10.4. The Balaban J connectivity index is 2.47. The SMILES string of the molecule is CCC[SiH2]C(c1cc(C)cc(C)c1)C1C(C)=C(C)C(C)=C1C. The van der Waals surface area contributed by atoms with Gasteiger partial charge in [-0.15, -0.1) is 0 Å². The molecule has 0 N–H and O–H groups in total. The topological polar surface area (TPSA) is 0 Å². The van der Waals surface area contributed by atoms with Crippen molar-refractivity contribution in [1.82, 2.24) is 0 Å². The van der Waals surface area contributed by atoms with E-state index in [0.717, 1.165) is 5.54 Å². The predicted octanol–water partition coefficient (Wildman–Crippen LogP) is 5.64. The molecule has 0 bridgehead atoms. The van der Waals surface area contributed by atoms with Gasteiger partial charge in [-0.3, -0.25) is 0 Å². The van der Waals surface area contributed by atoms with Gasteiger partial charge in [0.05, 0.1) is 0 Å². The number of benzene rings is 1. The van der Waals surface area contributed by atoms with Gasteiger partial charge in [0.15, 0.2) is 0 Å². The largest absolute Gasteiger partial charge is 0.0657 e. The highest BCUT2D eigenvalue weighted by molar-refractivity contribution is 6.38. The molecule has 0 aromatic heterocycles. The van der Waals surface area contributed by atoms with Crippen LogP contribution in [-0.4, -0.2) is 9.52 Å². The van der Waals surface area contributed by atoms with Gasteiger partial charge >= 0.3 is 0 Å². The molecule has 0 spiro atoms. The van der Waals surface area contributed by atoms with Gasteiger partial charge in [0.1, 0.15) is 0 Å². The van der Waals surface area contributed by atoms with Crippen molar-refractivity contribution in [3.8, 4) is 0 Å². The summed E-state index contributed by atoms with van der Waals surface area (Å²) in [5.41, 5.74) is 11.5. The van der Waals surface area contributed by atoms with E-state index in [2.05, 4.69) is 66.7 Å². The normalized spacial score (nSPS) is 18.1. The lowest BCUT2D eigenvalue weighted by atomic mass is 9.88. The molecule has 22 heavy (non-hydrogen) atoms. The smallest absolute Gasteiger partial charge is 0.0298 e. The van der Waals surface area contributed by atoms with Crippen LogP contribution in [0.1, 0.15) is 63.3 Å². The lowest BCUT2D eigenvalue weighted by Crippen LogP contribution is -2.20. The van der Waals surface area contributed by atoms with Gasteiger partial charge in [0.2, 0.25) is 0 Å². The van der Waals surface area contributed by atoms with Gasteiger partial charge in [0, 0.05) is 15.4 Å². The molecule has 0 radical (unpaired) electrons. The Morgan fingerprint density at radius 2 is 1.36 bits per heavy atom. The van der Waals surface area contributed by atoms with E-state index in [1.807, 2.05) is 0 Å². The van der Waals surface area contributed by atoms with Crippen LogP contribution in [0.2, 0.25) is 6.04 Å². The van der Waals surface area contributed by atoms with Gasteiger partial charge in [-0.25, -0.2) is 0 Å². The summed E-state index contributed by atoms with van der Waals surface area (Å²) in [5, 5.41) is 0. The number of aryl methyl sites for hydroxylation is 2. The number of rotatable bonds is 5. The van der Waals surface area contributed by atoms with Crippen LogP contribution in [0.3, 0.4) is 0 Å². The van der Waals surface area contributed by atoms with Crippen molar-refractivity contribution in [3.63, 3.8) is 0 Å². The zero-order chi connectivity index (χ0) is 16.4. The molecule has 1 aromatic carbocycles. The molecule has 1 aromatic rings. The minimum Gasteiger partial charge on any atom is -0.0657 e. The summed E-state index contributed by atoms with van der Waals surface area (Å²) in [6, 6.07) is 8.65. The minimum absolute atomic E-state index is 0.112. The van der Waals surface area contributed by atoms with Gasteiger partial charge in [-0.2, -0.15) is 0 Å². The minimum atomic E-state index is -0.112. The summed E-state index contributed by atoms with van der Waals surface area (Å²) < 4.78 is 0. The number of allylic oxidation sites excluding steroid dienone is 4. The summed E-state index contributed by atoms with van der Waals surface area (Å²) in [6.45, 7) is 16.2. The molecular formula is C21H32Si. The van der Waals surface area contributed by atoms with Crippen LogP contribution >= 0.6 is 0 Å². The average Bonchev–Trinajstić information content (AvgIpc) is 2.64. The fourth-order valence-electron chi connectivity index (χ4n) is 4.16. The number of hydrogen-bond acceptors (Lipinski definition) is 0. The maximum Gasteiger partial charge on any atom is 0.0298 e. The van der Waals surface area contributed by atoms with Crippen LogP contribution in [0.4, 0.5) is 0 Å². The second-order valence-electron chi connectivity index (χ2n) is 7.26. The summed E-state index contributed by atoms with van der Waals surface area (Å²) in [4.78, 5) is 0. The molecule has 1 aliphatic rings. The molecule has 0 heterocycles. The summed E-state index contributed by atoms with van der Waals surface area (Å²) >= 11 is 0. The third kappa shape index (κ3) is 3.30. The van der Waals surface area contributed by atoms with Crippen molar-refractivity contribution in [2.75, 3.05) is 0 Å². The molecule has 0 saturated carbocycles. The second-order valence-corrected chi connectivity index (χ2v) is 9.43. The molecule has 1 atom stereocenters. The molecule has 120 valence electrons. The molecule has 0 nitrogen and oxygen atoms in total.